The fourth-order valence-corrected chi connectivity index (χ4v) is 2.94. The molecule has 0 spiro atoms. The van der Waals surface area contributed by atoms with E-state index in [0.29, 0.717) is 0 Å². The van der Waals surface area contributed by atoms with Crippen LogP contribution >= 0.6 is 11.3 Å². The summed E-state index contributed by atoms with van der Waals surface area (Å²) in [5.41, 5.74) is -0.168. The number of nitrogens with zero attached hydrogens (tertiary/aromatic N) is 2. The average molecular weight is 241 g/mol. The van der Waals surface area contributed by atoms with Crippen LogP contribution in [0.1, 0.15) is 36.2 Å². The van der Waals surface area contributed by atoms with E-state index in [2.05, 4.69) is 22.4 Å². The van der Waals surface area contributed by atoms with Gasteiger partial charge < -0.3 is 10.1 Å². The summed E-state index contributed by atoms with van der Waals surface area (Å²) in [6.45, 7) is 4.01. The van der Waals surface area contributed by atoms with E-state index in [1.54, 1.807) is 11.3 Å². The Morgan fingerprint density at radius 1 is 1.50 bits per heavy atom. The van der Waals surface area contributed by atoms with Gasteiger partial charge in [0.15, 0.2) is 0 Å². The lowest BCUT2D eigenvalue weighted by atomic mass is 10.0. The highest BCUT2D eigenvalue weighted by Crippen LogP contribution is 2.37. The molecular formula is C11H19N3OS. The van der Waals surface area contributed by atoms with Crippen LogP contribution in [0.4, 0.5) is 0 Å². The van der Waals surface area contributed by atoms with Crippen molar-refractivity contribution < 1.29 is 4.74 Å². The second-order valence-electron chi connectivity index (χ2n) is 4.39. The van der Waals surface area contributed by atoms with Gasteiger partial charge in [-0.25, -0.2) is 0 Å². The van der Waals surface area contributed by atoms with Crippen LogP contribution in [-0.4, -0.2) is 30.4 Å². The normalized spacial score (nSPS) is 25.1. The fraction of sp³-hybridized carbons (Fsp3) is 0.818. The molecule has 1 unspecified atom stereocenters. The predicted octanol–water partition coefficient (Wildman–Crippen LogP) is 1.72. The van der Waals surface area contributed by atoms with Crippen LogP contribution in [0.5, 0.6) is 0 Å². The van der Waals surface area contributed by atoms with E-state index in [0.717, 1.165) is 48.9 Å². The van der Waals surface area contributed by atoms with Gasteiger partial charge in [-0.3, -0.25) is 0 Å². The van der Waals surface area contributed by atoms with Gasteiger partial charge in [-0.15, -0.1) is 10.2 Å². The first-order chi connectivity index (χ1) is 7.74. The molecule has 1 N–H and O–H groups in total. The van der Waals surface area contributed by atoms with Gasteiger partial charge in [-0.2, -0.15) is 0 Å². The molecular weight excluding hydrogens is 222 g/mol. The SMILES string of the molecule is CNCCCc1nnc(C2(C)CCCO2)s1. The molecule has 1 saturated heterocycles. The van der Waals surface area contributed by atoms with Crippen LogP contribution < -0.4 is 5.32 Å². The molecule has 0 saturated carbocycles. The standard InChI is InChI=1S/C11H19N3OS/c1-11(6-4-8-15-11)10-14-13-9(16-10)5-3-7-12-2/h12H,3-8H2,1-2H3. The van der Waals surface area contributed by atoms with Crippen molar-refractivity contribution in [2.75, 3.05) is 20.2 Å². The Morgan fingerprint density at radius 2 is 2.38 bits per heavy atom. The molecule has 4 nitrogen and oxygen atoms in total. The van der Waals surface area contributed by atoms with Gasteiger partial charge in [0, 0.05) is 13.0 Å². The fourth-order valence-electron chi connectivity index (χ4n) is 1.93. The van der Waals surface area contributed by atoms with Crippen molar-refractivity contribution in [2.24, 2.45) is 0 Å². The summed E-state index contributed by atoms with van der Waals surface area (Å²) in [6.07, 6.45) is 4.32. The molecule has 1 aliphatic heterocycles. The minimum atomic E-state index is -0.168. The van der Waals surface area contributed by atoms with E-state index in [-0.39, 0.29) is 5.60 Å². The Bertz CT molecular complexity index is 334. The molecule has 0 amide bonds. The zero-order chi connectivity index (χ0) is 11.4. The van der Waals surface area contributed by atoms with Gasteiger partial charge >= 0.3 is 0 Å². The molecule has 1 aromatic rings. The second kappa shape index (κ2) is 5.21. The summed E-state index contributed by atoms with van der Waals surface area (Å²) in [5.74, 6) is 0. The molecule has 5 heteroatoms. The Kier molecular flexibility index (Phi) is 3.89. The largest absolute Gasteiger partial charge is 0.368 e. The Hall–Kier alpha value is -0.520. The summed E-state index contributed by atoms with van der Waals surface area (Å²) in [7, 11) is 1.97. The maximum absolute atomic E-state index is 5.76. The number of rotatable bonds is 5. The number of nitrogens with one attached hydrogen (secondary N) is 1. The van der Waals surface area contributed by atoms with Gasteiger partial charge in [0.1, 0.15) is 15.6 Å². The molecule has 0 aliphatic carbocycles. The van der Waals surface area contributed by atoms with Gasteiger partial charge in [-0.1, -0.05) is 11.3 Å². The lowest BCUT2D eigenvalue weighted by Gasteiger charge is -2.18. The summed E-state index contributed by atoms with van der Waals surface area (Å²) in [4.78, 5) is 0. The molecule has 1 aliphatic rings. The van der Waals surface area contributed by atoms with Crippen LogP contribution in [0, 0.1) is 0 Å². The number of aromatic nitrogens is 2. The predicted molar refractivity (Wildman–Crippen MR) is 64.7 cm³/mol. The Labute approximate surface area is 100 Å². The highest BCUT2D eigenvalue weighted by atomic mass is 32.1. The first kappa shape index (κ1) is 12.0. The highest BCUT2D eigenvalue weighted by Gasteiger charge is 2.35. The van der Waals surface area contributed by atoms with Crippen LogP contribution in [0.25, 0.3) is 0 Å². The third kappa shape index (κ3) is 2.59. The molecule has 16 heavy (non-hydrogen) atoms. The van der Waals surface area contributed by atoms with E-state index < -0.39 is 0 Å². The van der Waals surface area contributed by atoms with E-state index in [9.17, 15) is 0 Å². The minimum absolute atomic E-state index is 0.168. The van der Waals surface area contributed by atoms with E-state index >= 15 is 0 Å². The monoisotopic (exact) mass is 241 g/mol. The average Bonchev–Trinajstić information content (AvgIpc) is 2.88. The van der Waals surface area contributed by atoms with Crippen molar-refractivity contribution in [3.63, 3.8) is 0 Å². The minimum Gasteiger partial charge on any atom is -0.368 e. The molecule has 0 radical (unpaired) electrons. The van der Waals surface area contributed by atoms with Gasteiger partial charge in [0.25, 0.3) is 0 Å². The number of hydrogen-bond donors (Lipinski definition) is 1. The third-order valence-corrected chi connectivity index (χ3v) is 4.18. The number of hydrogen-bond acceptors (Lipinski definition) is 5. The summed E-state index contributed by atoms with van der Waals surface area (Å²) < 4.78 is 5.76. The zero-order valence-corrected chi connectivity index (χ0v) is 10.8. The summed E-state index contributed by atoms with van der Waals surface area (Å²) >= 11 is 1.70. The quantitative estimate of drug-likeness (QED) is 0.797. The lowest BCUT2D eigenvalue weighted by Crippen LogP contribution is -2.19. The highest BCUT2D eigenvalue weighted by molar-refractivity contribution is 7.11. The third-order valence-electron chi connectivity index (χ3n) is 2.96. The molecule has 1 atom stereocenters. The molecule has 1 aromatic heterocycles. The first-order valence-corrected chi connectivity index (χ1v) is 6.68. The molecule has 2 rings (SSSR count). The van der Waals surface area contributed by atoms with E-state index in [4.69, 9.17) is 4.74 Å². The second-order valence-corrected chi connectivity index (χ2v) is 5.45. The van der Waals surface area contributed by atoms with Crippen molar-refractivity contribution >= 4 is 11.3 Å². The van der Waals surface area contributed by atoms with Crippen molar-refractivity contribution in [1.29, 1.82) is 0 Å². The van der Waals surface area contributed by atoms with Gasteiger partial charge in [-0.05, 0) is 39.8 Å². The van der Waals surface area contributed by atoms with Crippen LogP contribution in [0.15, 0.2) is 0 Å². The summed E-state index contributed by atoms with van der Waals surface area (Å²) in [5, 5.41) is 13.8. The molecule has 0 aromatic carbocycles. The molecule has 2 heterocycles. The van der Waals surface area contributed by atoms with Crippen molar-refractivity contribution in [3.8, 4) is 0 Å². The summed E-state index contributed by atoms with van der Waals surface area (Å²) in [6, 6.07) is 0. The maximum Gasteiger partial charge on any atom is 0.149 e. The van der Waals surface area contributed by atoms with Crippen molar-refractivity contribution in [3.05, 3.63) is 10.0 Å². The Morgan fingerprint density at radius 3 is 3.06 bits per heavy atom. The van der Waals surface area contributed by atoms with Crippen molar-refractivity contribution in [1.82, 2.24) is 15.5 Å². The van der Waals surface area contributed by atoms with Crippen LogP contribution in [0.2, 0.25) is 0 Å². The van der Waals surface area contributed by atoms with Crippen LogP contribution in [0.3, 0.4) is 0 Å². The first-order valence-electron chi connectivity index (χ1n) is 5.86. The Balaban J connectivity index is 1.96. The molecule has 1 fully saturated rings. The smallest absolute Gasteiger partial charge is 0.149 e. The topological polar surface area (TPSA) is 47.0 Å². The van der Waals surface area contributed by atoms with Crippen LogP contribution in [-0.2, 0) is 16.8 Å². The molecule has 90 valence electrons. The van der Waals surface area contributed by atoms with Gasteiger partial charge in [0.05, 0.1) is 0 Å². The number of ether oxygens (including phenoxy) is 1. The van der Waals surface area contributed by atoms with E-state index in [1.165, 1.54) is 0 Å². The van der Waals surface area contributed by atoms with Gasteiger partial charge in [0.2, 0.25) is 0 Å². The van der Waals surface area contributed by atoms with E-state index in [1.807, 2.05) is 7.05 Å². The number of aryl methyl sites for hydroxylation is 1. The molecule has 0 bridgehead atoms. The zero-order valence-electron chi connectivity index (χ0n) is 9.95. The lowest BCUT2D eigenvalue weighted by molar-refractivity contribution is 0.0161. The van der Waals surface area contributed by atoms with Crippen molar-refractivity contribution in [2.45, 2.75) is 38.2 Å². The maximum atomic E-state index is 5.76.